The van der Waals surface area contributed by atoms with Gasteiger partial charge in [-0.2, -0.15) is 0 Å². The van der Waals surface area contributed by atoms with Crippen molar-refractivity contribution in [2.75, 3.05) is 0 Å². The summed E-state index contributed by atoms with van der Waals surface area (Å²) in [4.78, 5) is 25.9. The first kappa shape index (κ1) is 32.3. The largest absolute Gasteiger partial charge is 0.478 e. The Bertz CT molecular complexity index is 1150. The molecule has 0 saturated heterocycles. The fourth-order valence-electron chi connectivity index (χ4n) is 7.32. The van der Waals surface area contributed by atoms with Crippen LogP contribution in [0, 0.1) is 0 Å². The molecule has 0 amide bonds. The van der Waals surface area contributed by atoms with Gasteiger partial charge in [-0.15, -0.1) is 0 Å². The fourth-order valence-corrected chi connectivity index (χ4v) is 7.32. The van der Waals surface area contributed by atoms with Gasteiger partial charge in [0.15, 0.2) is 0 Å². The summed E-state index contributed by atoms with van der Waals surface area (Å²) in [5.41, 5.74) is 6.25. The topological polar surface area (TPSA) is 74.6 Å². The van der Waals surface area contributed by atoms with E-state index in [0.717, 1.165) is 106 Å². The zero-order valence-electron chi connectivity index (χ0n) is 26.0. The summed E-state index contributed by atoms with van der Waals surface area (Å²) >= 11 is 0. The van der Waals surface area contributed by atoms with Crippen LogP contribution < -0.4 is 0 Å². The van der Waals surface area contributed by atoms with E-state index in [0.29, 0.717) is 0 Å². The van der Waals surface area contributed by atoms with Crippen molar-refractivity contribution < 1.29 is 19.8 Å². The van der Waals surface area contributed by atoms with Crippen LogP contribution in [0.15, 0.2) is 24.3 Å². The van der Waals surface area contributed by atoms with E-state index in [1.807, 2.05) is 0 Å². The monoisotopic (exact) mass is 574 g/mol. The quantitative estimate of drug-likeness (QED) is 0.367. The molecule has 0 atom stereocenters. The molecule has 4 heteroatoms. The summed E-state index contributed by atoms with van der Waals surface area (Å²) < 4.78 is 0. The van der Waals surface area contributed by atoms with Gasteiger partial charge in [0.2, 0.25) is 0 Å². The van der Waals surface area contributed by atoms with Crippen molar-refractivity contribution in [2.24, 2.45) is 0 Å². The van der Waals surface area contributed by atoms with Crippen molar-refractivity contribution in [1.29, 1.82) is 0 Å². The molecule has 0 radical (unpaired) electrons. The number of carboxylic acids is 2. The lowest BCUT2D eigenvalue weighted by Crippen LogP contribution is -2.16. The second-order valence-corrected chi connectivity index (χ2v) is 12.9. The molecule has 0 heterocycles. The Hall–Kier alpha value is -2.62. The third-order valence-electron chi connectivity index (χ3n) is 9.63. The van der Waals surface area contributed by atoms with Crippen molar-refractivity contribution in [3.63, 3.8) is 0 Å². The van der Waals surface area contributed by atoms with Crippen molar-refractivity contribution in [3.05, 3.63) is 52.1 Å². The molecular formula is C38H54O4. The maximum Gasteiger partial charge on any atom is 0.337 e. The van der Waals surface area contributed by atoms with Crippen LogP contribution in [-0.2, 0) is 0 Å². The normalized spacial score (nSPS) is 24.5. The van der Waals surface area contributed by atoms with Gasteiger partial charge in [0.05, 0.1) is 11.1 Å². The smallest absolute Gasteiger partial charge is 0.337 e. The van der Waals surface area contributed by atoms with Gasteiger partial charge in [-0.1, -0.05) is 95.3 Å². The fraction of sp³-hybridized carbons (Fsp3) is 0.632. The average Bonchev–Trinajstić information content (AvgIpc) is 3.00. The molecule has 0 aromatic heterocycles. The zero-order valence-corrected chi connectivity index (χ0v) is 26.0. The molecule has 0 aliphatic heterocycles. The number of benzene rings is 1. The molecule has 42 heavy (non-hydrogen) atoms. The highest BCUT2D eigenvalue weighted by molar-refractivity contribution is 6.08. The molecule has 0 spiro atoms. The summed E-state index contributed by atoms with van der Waals surface area (Å²) in [6.45, 7) is 0. The lowest BCUT2D eigenvalue weighted by Gasteiger charge is -2.26. The Balaban J connectivity index is 2.02. The summed E-state index contributed by atoms with van der Waals surface area (Å²) in [7, 11) is 0. The van der Waals surface area contributed by atoms with Crippen LogP contribution in [-0.4, -0.2) is 22.2 Å². The molecule has 3 aliphatic rings. The number of aromatic carboxylic acids is 2. The molecule has 2 N–H and O–H groups in total. The van der Waals surface area contributed by atoms with Crippen LogP contribution in [0.2, 0.25) is 0 Å². The highest BCUT2D eigenvalue weighted by Gasteiger charge is 2.30. The van der Waals surface area contributed by atoms with Gasteiger partial charge >= 0.3 is 11.9 Å². The van der Waals surface area contributed by atoms with Gasteiger partial charge in [-0.3, -0.25) is 0 Å². The summed E-state index contributed by atoms with van der Waals surface area (Å²) in [6.07, 6.45) is 33.9. The molecule has 0 fully saturated rings. The Kier molecular flexibility index (Phi) is 13.4. The second-order valence-electron chi connectivity index (χ2n) is 12.9. The van der Waals surface area contributed by atoms with E-state index in [2.05, 4.69) is 18.2 Å². The van der Waals surface area contributed by atoms with Gasteiger partial charge in [-0.25, -0.2) is 9.59 Å². The number of carboxylic acid groups (broad SMARTS) is 2. The van der Waals surface area contributed by atoms with Crippen molar-refractivity contribution in [2.45, 2.75) is 154 Å². The first-order chi connectivity index (χ1) is 20.6. The lowest BCUT2D eigenvalue weighted by molar-refractivity contribution is 0.0651. The molecule has 4 nitrogen and oxygen atoms in total. The number of allylic oxidation sites excluding steroid dienone is 6. The Labute approximate surface area is 254 Å². The maximum atomic E-state index is 13.1. The molecule has 230 valence electrons. The van der Waals surface area contributed by atoms with Crippen molar-refractivity contribution in [1.82, 2.24) is 0 Å². The van der Waals surface area contributed by atoms with E-state index in [-0.39, 0.29) is 11.1 Å². The Morgan fingerprint density at radius 1 is 0.452 bits per heavy atom. The van der Waals surface area contributed by atoms with E-state index in [4.69, 9.17) is 0 Å². The van der Waals surface area contributed by atoms with E-state index in [9.17, 15) is 19.8 Å². The van der Waals surface area contributed by atoms with Gasteiger partial charge < -0.3 is 10.2 Å². The molecule has 3 aliphatic carbocycles. The lowest BCUT2D eigenvalue weighted by atomic mass is 9.77. The first-order valence-corrected chi connectivity index (χ1v) is 17.3. The Morgan fingerprint density at radius 2 is 0.833 bits per heavy atom. The minimum atomic E-state index is -1.14. The molecular weight excluding hydrogens is 520 g/mol. The van der Waals surface area contributed by atoms with Crippen molar-refractivity contribution >= 4 is 28.7 Å². The van der Waals surface area contributed by atoms with Crippen LogP contribution in [0.25, 0.3) is 16.7 Å². The summed E-state index contributed by atoms with van der Waals surface area (Å²) in [5.74, 6) is -2.25. The van der Waals surface area contributed by atoms with E-state index < -0.39 is 11.9 Å². The predicted molar refractivity (Wildman–Crippen MR) is 175 cm³/mol. The maximum absolute atomic E-state index is 13.1. The first-order valence-electron chi connectivity index (χ1n) is 17.3. The van der Waals surface area contributed by atoms with Gasteiger partial charge in [-0.05, 0) is 111 Å². The van der Waals surface area contributed by atoms with Crippen LogP contribution in [0.5, 0.6) is 0 Å². The van der Waals surface area contributed by atoms with E-state index in [1.54, 1.807) is 6.07 Å². The highest BCUT2D eigenvalue weighted by atomic mass is 16.4. The number of carbonyl (C=O) groups is 2. The molecule has 0 bridgehead atoms. The average molecular weight is 575 g/mol. The SMILES string of the molecule is O=C(O)c1cc(/C2=C/CCCCCCCC2)c(/C2=C/CCCCCCCC2)c(/C2=C/CCCCCCCC2)c1C(=O)O. The molecule has 4 rings (SSSR count). The summed E-state index contributed by atoms with van der Waals surface area (Å²) in [5, 5.41) is 21.1. The Morgan fingerprint density at radius 3 is 1.29 bits per heavy atom. The van der Waals surface area contributed by atoms with Crippen molar-refractivity contribution in [3.8, 4) is 0 Å². The minimum absolute atomic E-state index is 0.00280. The zero-order chi connectivity index (χ0) is 29.6. The minimum Gasteiger partial charge on any atom is -0.478 e. The number of hydrogen-bond donors (Lipinski definition) is 2. The van der Waals surface area contributed by atoms with Crippen LogP contribution in [0.3, 0.4) is 0 Å². The predicted octanol–water partition coefficient (Wildman–Crippen LogP) is 11.6. The van der Waals surface area contributed by atoms with Crippen LogP contribution >= 0.6 is 0 Å². The van der Waals surface area contributed by atoms with Crippen LogP contribution in [0.4, 0.5) is 0 Å². The standard InChI is InChI=1S/C38H54O4/c39-37(40)33-28-32(29-22-16-10-4-1-5-11-17-23-29)34(30-24-18-12-6-2-7-13-19-25-30)35(36(33)38(41)42)31-26-20-14-8-3-9-15-21-27-31/h22,24,26,28H,1-21,23,25,27H2,(H,39,40)(H,41,42)/b29-22+,30-24+,31-26+. The van der Waals surface area contributed by atoms with E-state index >= 15 is 0 Å². The summed E-state index contributed by atoms with van der Waals surface area (Å²) in [6, 6.07) is 1.75. The molecule has 1 aromatic carbocycles. The third kappa shape index (κ3) is 9.19. The molecule has 0 unspecified atom stereocenters. The molecule has 1 aromatic rings. The molecule has 0 saturated carbocycles. The number of rotatable bonds is 5. The van der Waals surface area contributed by atoms with Crippen LogP contribution in [0.1, 0.15) is 192 Å². The van der Waals surface area contributed by atoms with E-state index in [1.165, 1.54) is 81.8 Å². The van der Waals surface area contributed by atoms with Gasteiger partial charge in [0.25, 0.3) is 0 Å². The van der Waals surface area contributed by atoms with Gasteiger partial charge in [0.1, 0.15) is 0 Å². The van der Waals surface area contributed by atoms with Gasteiger partial charge in [0, 0.05) is 5.56 Å². The number of hydrogen-bond acceptors (Lipinski definition) is 2. The second kappa shape index (κ2) is 17.5. The third-order valence-corrected chi connectivity index (χ3v) is 9.63. The highest BCUT2D eigenvalue weighted by Crippen LogP contribution is 2.43.